The molecule has 1 aliphatic rings. The van der Waals surface area contributed by atoms with Crippen LogP contribution in [-0.2, 0) is 23.8 Å². The van der Waals surface area contributed by atoms with Crippen molar-refractivity contribution in [3.63, 3.8) is 0 Å². The molecular weight excluding hydrogens is 326 g/mol. The van der Waals surface area contributed by atoms with Crippen molar-refractivity contribution < 1.29 is 21.6 Å². The van der Waals surface area contributed by atoms with E-state index in [0.29, 0.717) is 19.8 Å². The van der Waals surface area contributed by atoms with Crippen LogP contribution in [0.25, 0.3) is 0 Å². The minimum absolute atomic E-state index is 0.000446. The van der Waals surface area contributed by atoms with Crippen LogP contribution in [-0.4, -0.2) is 36.6 Å². The van der Waals surface area contributed by atoms with Crippen LogP contribution in [0.5, 0.6) is 0 Å². The van der Waals surface area contributed by atoms with Crippen LogP contribution in [0.4, 0.5) is 0 Å². The fraction of sp³-hybridized carbons (Fsp3) is 0.455. The summed E-state index contributed by atoms with van der Waals surface area (Å²) in [7, 11) is -2.34. The Hall–Kier alpha value is -0.670. The first-order valence-corrected chi connectivity index (χ1v) is 9.70. The van der Waals surface area contributed by atoms with E-state index in [1.165, 1.54) is 12.1 Å². The van der Waals surface area contributed by atoms with Crippen LogP contribution in [0, 0.1) is 5.92 Å². The molecule has 2 rings (SSSR count). The molecule has 0 bridgehead atoms. The van der Waals surface area contributed by atoms with Gasteiger partial charge < -0.3 is 4.74 Å². The number of hydrogen-bond acceptors (Lipinski definition) is 5. The van der Waals surface area contributed by atoms with Crippen molar-refractivity contribution in [2.75, 3.05) is 19.8 Å². The van der Waals surface area contributed by atoms with Gasteiger partial charge >= 0.3 is 0 Å². The second kappa shape index (κ2) is 5.98. The zero-order valence-corrected chi connectivity index (χ0v) is 12.8. The highest BCUT2D eigenvalue weighted by atomic mass is 35.7. The molecule has 1 aromatic rings. The maximum absolute atomic E-state index is 12.0. The monoisotopic (exact) mass is 339 g/mol. The summed E-state index contributed by atoms with van der Waals surface area (Å²) >= 11 is 0. The number of rotatable bonds is 5. The number of nitrogens with one attached hydrogen (secondary N) is 1. The first kappa shape index (κ1) is 15.7. The van der Waals surface area contributed by atoms with Gasteiger partial charge in [-0.3, -0.25) is 0 Å². The number of sulfonamides is 1. The number of hydrogen-bond donors (Lipinski definition) is 1. The Morgan fingerprint density at radius 1 is 1.15 bits per heavy atom. The largest absolute Gasteiger partial charge is 0.381 e. The molecule has 0 aromatic heterocycles. The highest BCUT2D eigenvalue weighted by molar-refractivity contribution is 8.13. The Labute approximate surface area is 122 Å². The lowest BCUT2D eigenvalue weighted by Gasteiger charge is -2.10. The van der Waals surface area contributed by atoms with E-state index < -0.39 is 19.1 Å². The maximum Gasteiger partial charge on any atom is 0.261 e. The standard InChI is InChI=1S/C11H14ClNO5S2/c12-19(14,15)10-1-3-11(4-2-10)20(16,17)13-7-9-5-6-18-8-9/h1-4,9,13H,5-8H2. The Bertz CT molecular complexity index is 663. The molecule has 0 aliphatic carbocycles. The van der Waals surface area contributed by atoms with Crippen LogP contribution in [0.15, 0.2) is 34.1 Å². The van der Waals surface area contributed by atoms with Gasteiger partial charge in [0.05, 0.1) is 16.4 Å². The Balaban J connectivity index is 2.09. The minimum atomic E-state index is -3.85. The summed E-state index contributed by atoms with van der Waals surface area (Å²) in [6, 6.07) is 4.75. The third-order valence-electron chi connectivity index (χ3n) is 3.00. The van der Waals surface area contributed by atoms with Crippen molar-refractivity contribution in [2.24, 2.45) is 5.92 Å². The number of benzene rings is 1. The van der Waals surface area contributed by atoms with Crippen molar-refractivity contribution in [1.82, 2.24) is 4.72 Å². The molecule has 9 heteroatoms. The quantitative estimate of drug-likeness (QED) is 0.806. The van der Waals surface area contributed by atoms with Crippen molar-refractivity contribution in [2.45, 2.75) is 16.2 Å². The molecule has 112 valence electrons. The van der Waals surface area contributed by atoms with Crippen LogP contribution >= 0.6 is 10.7 Å². The highest BCUT2D eigenvalue weighted by Gasteiger charge is 2.20. The van der Waals surface area contributed by atoms with Crippen LogP contribution in [0.1, 0.15) is 6.42 Å². The van der Waals surface area contributed by atoms with Gasteiger partial charge in [0.15, 0.2) is 0 Å². The molecule has 20 heavy (non-hydrogen) atoms. The summed E-state index contributed by atoms with van der Waals surface area (Å²) in [5.74, 6) is 0.173. The summed E-state index contributed by atoms with van der Waals surface area (Å²) in [6.45, 7) is 1.50. The second-order valence-electron chi connectivity index (χ2n) is 4.49. The molecule has 0 radical (unpaired) electrons. The average molecular weight is 340 g/mol. The Morgan fingerprint density at radius 2 is 1.75 bits per heavy atom. The van der Waals surface area contributed by atoms with E-state index in [1.807, 2.05) is 0 Å². The van der Waals surface area contributed by atoms with Crippen molar-refractivity contribution in [3.8, 4) is 0 Å². The van der Waals surface area contributed by atoms with E-state index >= 15 is 0 Å². The summed E-state index contributed by atoms with van der Waals surface area (Å²) in [6.07, 6.45) is 0.825. The molecule has 1 atom stereocenters. The first-order valence-electron chi connectivity index (χ1n) is 5.91. The zero-order valence-electron chi connectivity index (χ0n) is 10.5. The third-order valence-corrected chi connectivity index (χ3v) is 5.81. The average Bonchev–Trinajstić information content (AvgIpc) is 2.89. The van der Waals surface area contributed by atoms with Gasteiger partial charge in [-0.2, -0.15) is 0 Å². The van der Waals surface area contributed by atoms with E-state index in [0.717, 1.165) is 18.6 Å². The molecule has 0 spiro atoms. The lowest BCUT2D eigenvalue weighted by molar-refractivity contribution is 0.186. The summed E-state index contributed by atoms with van der Waals surface area (Å²) in [5.41, 5.74) is 0. The molecule has 1 aromatic carbocycles. The molecule has 0 saturated carbocycles. The fourth-order valence-electron chi connectivity index (χ4n) is 1.84. The highest BCUT2D eigenvalue weighted by Crippen LogP contribution is 2.18. The van der Waals surface area contributed by atoms with Gasteiger partial charge in [-0.15, -0.1) is 0 Å². The Kier molecular flexibility index (Phi) is 4.70. The predicted octanol–water partition coefficient (Wildman–Crippen LogP) is 0.929. The van der Waals surface area contributed by atoms with Crippen LogP contribution in [0.2, 0.25) is 0 Å². The SMILES string of the molecule is O=S(=O)(Cl)c1ccc(S(=O)(=O)NCC2CCOC2)cc1. The van der Waals surface area contributed by atoms with Gasteiger partial charge in [0.2, 0.25) is 10.0 Å². The van der Waals surface area contributed by atoms with Gasteiger partial charge in [0.25, 0.3) is 9.05 Å². The smallest absolute Gasteiger partial charge is 0.261 e. The summed E-state index contributed by atoms with van der Waals surface area (Å²) < 4.78 is 53.8. The zero-order chi connectivity index (χ0) is 14.8. The van der Waals surface area contributed by atoms with Crippen molar-refractivity contribution in [3.05, 3.63) is 24.3 Å². The second-order valence-corrected chi connectivity index (χ2v) is 8.82. The van der Waals surface area contributed by atoms with E-state index in [4.69, 9.17) is 15.4 Å². The van der Waals surface area contributed by atoms with E-state index in [-0.39, 0.29) is 15.7 Å². The molecule has 1 aliphatic heterocycles. The van der Waals surface area contributed by atoms with Crippen LogP contribution in [0.3, 0.4) is 0 Å². The predicted molar refractivity (Wildman–Crippen MR) is 73.6 cm³/mol. The van der Waals surface area contributed by atoms with Gasteiger partial charge in [-0.25, -0.2) is 21.6 Å². The van der Waals surface area contributed by atoms with E-state index in [2.05, 4.69) is 4.72 Å². The molecule has 1 unspecified atom stereocenters. The molecule has 1 N–H and O–H groups in total. The Morgan fingerprint density at radius 3 is 2.25 bits per heavy atom. The maximum atomic E-state index is 12.0. The summed E-state index contributed by atoms with van der Waals surface area (Å²) in [5, 5.41) is 0. The molecule has 0 amide bonds. The molecule has 1 heterocycles. The normalized spacial score (nSPS) is 20.1. The lowest BCUT2D eigenvalue weighted by Crippen LogP contribution is -2.29. The van der Waals surface area contributed by atoms with E-state index in [1.54, 1.807) is 0 Å². The third kappa shape index (κ3) is 3.92. The summed E-state index contributed by atoms with van der Waals surface area (Å²) in [4.78, 5) is -0.136. The molecular formula is C11H14ClNO5S2. The number of halogens is 1. The van der Waals surface area contributed by atoms with Gasteiger partial charge in [0.1, 0.15) is 0 Å². The van der Waals surface area contributed by atoms with Crippen molar-refractivity contribution in [1.29, 1.82) is 0 Å². The molecule has 1 saturated heterocycles. The lowest BCUT2D eigenvalue weighted by atomic mass is 10.1. The first-order chi connectivity index (χ1) is 9.29. The van der Waals surface area contributed by atoms with Crippen molar-refractivity contribution >= 4 is 29.8 Å². The minimum Gasteiger partial charge on any atom is -0.381 e. The fourth-order valence-corrected chi connectivity index (χ4v) is 3.72. The van der Waals surface area contributed by atoms with Gasteiger partial charge in [0, 0.05) is 23.8 Å². The van der Waals surface area contributed by atoms with Gasteiger partial charge in [-0.05, 0) is 36.6 Å². The van der Waals surface area contributed by atoms with E-state index in [9.17, 15) is 16.8 Å². The number of ether oxygens (including phenoxy) is 1. The topological polar surface area (TPSA) is 89.5 Å². The van der Waals surface area contributed by atoms with Gasteiger partial charge in [-0.1, -0.05) is 0 Å². The van der Waals surface area contributed by atoms with Crippen LogP contribution < -0.4 is 4.72 Å². The molecule has 6 nitrogen and oxygen atoms in total. The molecule has 1 fully saturated rings.